The summed E-state index contributed by atoms with van der Waals surface area (Å²) in [4.78, 5) is 12.0. The van der Waals surface area contributed by atoms with E-state index in [0.717, 1.165) is 0 Å². The van der Waals surface area contributed by atoms with Gasteiger partial charge in [0.25, 0.3) is 0 Å². The molecule has 0 aliphatic heterocycles. The molecular weight excluding hydrogens is 336 g/mol. The van der Waals surface area contributed by atoms with Crippen molar-refractivity contribution in [1.29, 1.82) is 0 Å². The molecule has 23 heavy (non-hydrogen) atoms. The Morgan fingerprint density at radius 1 is 1.35 bits per heavy atom. The Morgan fingerprint density at radius 3 is 2.96 bits per heavy atom. The summed E-state index contributed by atoms with van der Waals surface area (Å²) in [6.07, 6.45) is 1.58. The number of amides is 1. The van der Waals surface area contributed by atoms with Crippen molar-refractivity contribution in [3.8, 4) is 11.6 Å². The normalized spacial score (nSPS) is 10.7. The van der Waals surface area contributed by atoms with Gasteiger partial charge in [-0.2, -0.15) is 0 Å². The number of anilines is 1. The Kier molecular flexibility index (Phi) is 4.68. The highest BCUT2D eigenvalue weighted by Gasteiger charge is 2.14. The van der Waals surface area contributed by atoms with Gasteiger partial charge in [-0.3, -0.25) is 4.79 Å². The van der Waals surface area contributed by atoms with E-state index >= 15 is 0 Å². The van der Waals surface area contributed by atoms with E-state index in [4.69, 9.17) is 16.0 Å². The molecule has 0 atom stereocenters. The molecule has 2 heterocycles. The first-order chi connectivity index (χ1) is 11.1. The number of hydrogen-bond acceptors (Lipinski definition) is 5. The van der Waals surface area contributed by atoms with Crippen LogP contribution in [0.5, 0.6) is 0 Å². The summed E-state index contributed by atoms with van der Waals surface area (Å²) in [7, 11) is 1.83. The Hall–Kier alpha value is -2.25. The fourth-order valence-corrected chi connectivity index (χ4v) is 2.86. The average molecular weight is 349 g/mol. The largest absolute Gasteiger partial charge is 0.461 e. The number of nitrogens with zero attached hydrogens (tertiary/aromatic N) is 3. The Bertz CT molecular complexity index is 817. The van der Waals surface area contributed by atoms with Crippen molar-refractivity contribution in [3.63, 3.8) is 0 Å². The summed E-state index contributed by atoms with van der Waals surface area (Å²) < 4.78 is 7.09. The molecule has 0 aliphatic carbocycles. The summed E-state index contributed by atoms with van der Waals surface area (Å²) >= 11 is 7.19. The number of furan rings is 1. The highest BCUT2D eigenvalue weighted by atomic mass is 35.5. The van der Waals surface area contributed by atoms with Crippen molar-refractivity contribution >= 4 is 35.0 Å². The standard InChI is InChI=1S/C15H13ClN4O2S/c1-20-14(12-6-3-7-22-12)18-19-15(20)23-9-13(21)17-11-5-2-4-10(16)8-11/h2-8H,9H2,1H3,(H,17,21). The zero-order valence-electron chi connectivity index (χ0n) is 12.2. The van der Waals surface area contributed by atoms with E-state index in [1.807, 2.05) is 13.1 Å². The van der Waals surface area contributed by atoms with E-state index < -0.39 is 0 Å². The third-order valence-electron chi connectivity index (χ3n) is 3.02. The van der Waals surface area contributed by atoms with Gasteiger partial charge < -0.3 is 14.3 Å². The summed E-state index contributed by atoms with van der Waals surface area (Å²) in [6.45, 7) is 0. The molecule has 0 fully saturated rings. The lowest BCUT2D eigenvalue weighted by atomic mass is 10.3. The Labute approximate surface area is 141 Å². The van der Waals surface area contributed by atoms with E-state index in [-0.39, 0.29) is 11.7 Å². The third kappa shape index (κ3) is 3.75. The van der Waals surface area contributed by atoms with Crippen molar-refractivity contribution in [1.82, 2.24) is 14.8 Å². The van der Waals surface area contributed by atoms with E-state index in [1.54, 1.807) is 41.2 Å². The van der Waals surface area contributed by atoms with Crippen LogP contribution >= 0.6 is 23.4 Å². The molecule has 2 aromatic heterocycles. The molecule has 8 heteroatoms. The number of thioether (sulfide) groups is 1. The molecular formula is C15H13ClN4O2S. The first-order valence-corrected chi connectivity index (χ1v) is 8.11. The lowest BCUT2D eigenvalue weighted by molar-refractivity contribution is -0.113. The molecule has 3 aromatic rings. The van der Waals surface area contributed by atoms with Crippen LogP contribution in [0.4, 0.5) is 5.69 Å². The monoisotopic (exact) mass is 348 g/mol. The molecule has 0 saturated heterocycles. The van der Waals surface area contributed by atoms with Crippen LogP contribution in [0.15, 0.2) is 52.2 Å². The predicted molar refractivity (Wildman–Crippen MR) is 89.5 cm³/mol. The molecule has 0 aliphatic rings. The lowest BCUT2D eigenvalue weighted by Gasteiger charge is -2.05. The number of rotatable bonds is 5. The van der Waals surface area contributed by atoms with Crippen LogP contribution in [0, 0.1) is 0 Å². The van der Waals surface area contributed by atoms with E-state index in [9.17, 15) is 4.79 Å². The van der Waals surface area contributed by atoms with Gasteiger partial charge in [-0.15, -0.1) is 10.2 Å². The van der Waals surface area contributed by atoms with Crippen LogP contribution in [-0.4, -0.2) is 26.4 Å². The van der Waals surface area contributed by atoms with Crippen molar-refractivity contribution in [2.45, 2.75) is 5.16 Å². The van der Waals surface area contributed by atoms with Gasteiger partial charge in [0.15, 0.2) is 16.7 Å². The number of aromatic nitrogens is 3. The SMILES string of the molecule is Cn1c(SCC(=O)Nc2cccc(Cl)c2)nnc1-c1ccco1. The number of carbonyl (C=O) groups is 1. The van der Waals surface area contributed by atoms with E-state index in [0.29, 0.717) is 27.5 Å². The minimum absolute atomic E-state index is 0.139. The topological polar surface area (TPSA) is 73.0 Å². The van der Waals surface area contributed by atoms with Gasteiger partial charge in [0.2, 0.25) is 5.91 Å². The first kappa shape index (κ1) is 15.6. The maximum absolute atomic E-state index is 12.0. The van der Waals surface area contributed by atoms with Crippen LogP contribution in [-0.2, 0) is 11.8 Å². The predicted octanol–water partition coefficient (Wildman–Crippen LogP) is 3.46. The molecule has 1 aromatic carbocycles. The number of hydrogen-bond donors (Lipinski definition) is 1. The minimum Gasteiger partial charge on any atom is -0.461 e. The molecule has 0 spiro atoms. The molecule has 0 saturated carbocycles. The highest BCUT2D eigenvalue weighted by molar-refractivity contribution is 7.99. The lowest BCUT2D eigenvalue weighted by Crippen LogP contribution is -2.14. The molecule has 1 amide bonds. The molecule has 6 nitrogen and oxygen atoms in total. The molecule has 0 bridgehead atoms. The zero-order valence-corrected chi connectivity index (χ0v) is 13.8. The van der Waals surface area contributed by atoms with Crippen LogP contribution in [0.1, 0.15) is 0 Å². The van der Waals surface area contributed by atoms with Crippen molar-refractivity contribution in [2.75, 3.05) is 11.1 Å². The summed E-state index contributed by atoms with van der Waals surface area (Å²) in [5.41, 5.74) is 0.664. The van der Waals surface area contributed by atoms with Gasteiger partial charge in [-0.05, 0) is 30.3 Å². The Morgan fingerprint density at radius 2 is 2.22 bits per heavy atom. The van der Waals surface area contributed by atoms with Crippen LogP contribution in [0.3, 0.4) is 0 Å². The van der Waals surface area contributed by atoms with Gasteiger partial charge in [-0.1, -0.05) is 29.4 Å². The van der Waals surface area contributed by atoms with E-state index in [1.165, 1.54) is 11.8 Å². The number of benzene rings is 1. The molecule has 3 rings (SSSR count). The van der Waals surface area contributed by atoms with E-state index in [2.05, 4.69) is 15.5 Å². The smallest absolute Gasteiger partial charge is 0.234 e. The molecule has 118 valence electrons. The number of carbonyl (C=O) groups excluding carboxylic acids is 1. The summed E-state index contributed by atoms with van der Waals surface area (Å²) in [5, 5.41) is 12.2. The van der Waals surface area contributed by atoms with Crippen molar-refractivity contribution in [3.05, 3.63) is 47.7 Å². The number of halogens is 1. The van der Waals surface area contributed by atoms with Crippen molar-refractivity contribution < 1.29 is 9.21 Å². The maximum atomic E-state index is 12.0. The van der Waals surface area contributed by atoms with Gasteiger partial charge in [0, 0.05) is 17.8 Å². The van der Waals surface area contributed by atoms with Gasteiger partial charge in [0.05, 0.1) is 12.0 Å². The van der Waals surface area contributed by atoms with Gasteiger partial charge in [0.1, 0.15) is 0 Å². The minimum atomic E-state index is -0.139. The van der Waals surface area contributed by atoms with Crippen LogP contribution in [0.25, 0.3) is 11.6 Å². The molecule has 1 N–H and O–H groups in total. The highest BCUT2D eigenvalue weighted by Crippen LogP contribution is 2.23. The molecule has 0 unspecified atom stereocenters. The van der Waals surface area contributed by atoms with Gasteiger partial charge in [-0.25, -0.2) is 0 Å². The first-order valence-electron chi connectivity index (χ1n) is 6.75. The van der Waals surface area contributed by atoms with Crippen molar-refractivity contribution in [2.24, 2.45) is 7.05 Å². The fraction of sp³-hybridized carbons (Fsp3) is 0.133. The third-order valence-corrected chi connectivity index (χ3v) is 4.27. The Balaban J connectivity index is 1.61. The maximum Gasteiger partial charge on any atom is 0.234 e. The second-order valence-electron chi connectivity index (χ2n) is 4.69. The van der Waals surface area contributed by atoms with Gasteiger partial charge >= 0.3 is 0 Å². The molecule has 0 radical (unpaired) electrons. The van der Waals surface area contributed by atoms with Crippen LogP contribution < -0.4 is 5.32 Å². The van der Waals surface area contributed by atoms with Crippen LogP contribution in [0.2, 0.25) is 5.02 Å². The summed E-state index contributed by atoms with van der Waals surface area (Å²) in [6, 6.07) is 10.6. The quantitative estimate of drug-likeness (QED) is 0.715. The zero-order chi connectivity index (χ0) is 16.2. The summed E-state index contributed by atoms with van der Waals surface area (Å²) in [5.74, 6) is 1.33. The average Bonchev–Trinajstić information content (AvgIpc) is 3.15. The number of nitrogens with one attached hydrogen (secondary N) is 1. The second-order valence-corrected chi connectivity index (χ2v) is 6.07. The fourth-order valence-electron chi connectivity index (χ4n) is 1.95. The second kappa shape index (κ2) is 6.89.